The Labute approximate surface area is 203 Å². The van der Waals surface area contributed by atoms with Crippen molar-refractivity contribution in [2.75, 3.05) is 46.2 Å². The standard InChI is InChI=1S/C25H30N6O2S/c1-5-31(9-8-30(2)3)25(32)15-6-7-17-21(11-15)34-24-22(17)23(27-14-28-24)29-19-10-16-13-26-18(16)12-20(19)33-4/h10,12-15H,5-9,11H2,1-4H3,(H,27,28,29). The van der Waals surface area contributed by atoms with Crippen LogP contribution >= 0.6 is 11.3 Å². The minimum Gasteiger partial charge on any atom is -0.494 e. The van der Waals surface area contributed by atoms with Crippen molar-refractivity contribution in [3.05, 3.63) is 39.5 Å². The number of benzene rings is 1. The van der Waals surface area contributed by atoms with E-state index in [4.69, 9.17) is 4.74 Å². The molecule has 8 nitrogen and oxygen atoms in total. The fourth-order valence-electron chi connectivity index (χ4n) is 4.69. The lowest BCUT2D eigenvalue weighted by atomic mass is 9.87. The Morgan fingerprint density at radius 1 is 1.26 bits per heavy atom. The van der Waals surface area contributed by atoms with E-state index in [2.05, 4.69) is 32.1 Å². The van der Waals surface area contributed by atoms with Crippen LogP contribution in [0.1, 0.15) is 23.8 Å². The molecule has 2 aliphatic rings. The number of aryl methyl sites for hydroxylation is 1. The van der Waals surface area contributed by atoms with Gasteiger partial charge in [-0.2, -0.15) is 0 Å². The number of nitrogens with zero attached hydrogens (tertiary/aromatic N) is 5. The molecule has 1 aromatic carbocycles. The first kappa shape index (κ1) is 22.7. The van der Waals surface area contributed by atoms with E-state index in [1.165, 1.54) is 10.4 Å². The van der Waals surface area contributed by atoms with Gasteiger partial charge in [0.2, 0.25) is 5.91 Å². The first-order valence-electron chi connectivity index (χ1n) is 11.7. The summed E-state index contributed by atoms with van der Waals surface area (Å²) in [4.78, 5) is 33.0. The molecule has 3 aromatic rings. The number of methoxy groups -OCH3 is 1. The number of likely N-dealkylation sites (N-methyl/N-ethyl adjacent to an activating group) is 2. The predicted molar refractivity (Wildman–Crippen MR) is 135 cm³/mol. The van der Waals surface area contributed by atoms with Crippen LogP contribution in [0, 0.1) is 5.92 Å². The molecule has 34 heavy (non-hydrogen) atoms. The van der Waals surface area contributed by atoms with E-state index < -0.39 is 0 Å². The molecule has 0 saturated heterocycles. The first-order chi connectivity index (χ1) is 16.5. The summed E-state index contributed by atoms with van der Waals surface area (Å²) in [5.41, 5.74) is 2.13. The number of nitrogens with one attached hydrogen (secondary N) is 1. The van der Waals surface area contributed by atoms with E-state index in [0.717, 1.165) is 76.9 Å². The van der Waals surface area contributed by atoms with Crippen molar-refractivity contribution in [1.82, 2.24) is 19.8 Å². The zero-order chi connectivity index (χ0) is 23.8. The second-order valence-electron chi connectivity index (χ2n) is 9.06. The van der Waals surface area contributed by atoms with Crippen LogP contribution < -0.4 is 20.6 Å². The molecular formula is C25H30N6O2S. The van der Waals surface area contributed by atoms with E-state index in [-0.39, 0.29) is 11.8 Å². The normalized spacial score (nSPS) is 16.2. The fourth-order valence-corrected chi connectivity index (χ4v) is 5.95. The number of hydrogen-bond acceptors (Lipinski definition) is 8. The van der Waals surface area contributed by atoms with Crippen LogP contribution in [0.25, 0.3) is 16.4 Å². The van der Waals surface area contributed by atoms with Gasteiger partial charge in [0, 0.05) is 47.9 Å². The third kappa shape index (κ3) is 4.14. The molecule has 1 N–H and O–H groups in total. The molecule has 178 valence electrons. The van der Waals surface area contributed by atoms with Crippen molar-refractivity contribution >= 4 is 45.2 Å². The lowest BCUT2D eigenvalue weighted by Crippen LogP contribution is -2.41. The van der Waals surface area contributed by atoms with Crippen molar-refractivity contribution < 1.29 is 9.53 Å². The van der Waals surface area contributed by atoms with Crippen LogP contribution in [0.5, 0.6) is 5.75 Å². The van der Waals surface area contributed by atoms with E-state index in [0.29, 0.717) is 0 Å². The Kier molecular flexibility index (Phi) is 6.22. The maximum Gasteiger partial charge on any atom is 0.226 e. The summed E-state index contributed by atoms with van der Waals surface area (Å²) >= 11 is 1.69. The van der Waals surface area contributed by atoms with Gasteiger partial charge in [0.05, 0.1) is 23.5 Å². The molecule has 0 fully saturated rings. The highest BCUT2D eigenvalue weighted by Gasteiger charge is 2.31. The van der Waals surface area contributed by atoms with Gasteiger partial charge in [-0.25, -0.2) is 9.97 Å². The van der Waals surface area contributed by atoms with Crippen LogP contribution in [0.3, 0.4) is 0 Å². The molecule has 1 aliphatic carbocycles. The molecule has 0 spiro atoms. The molecule has 1 aliphatic heterocycles. The smallest absolute Gasteiger partial charge is 0.226 e. The Hall–Kier alpha value is -3.04. The van der Waals surface area contributed by atoms with E-state index in [1.807, 2.05) is 37.3 Å². The highest BCUT2D eigenvalue weighted by molar-refractivity contribution is 7.19. The van der Waals surface area contributed by atoms with Gasteiger partial charge in [0.25, 0.3) is 0 Å². The molecule has 0 bridgehead atoms. The van der Waals surface area contributed by atoms with Crippen LogP contribution in [-0.2, 0) is 17.6 Å². The van der Waals surface area contributed by atoms with E-state index in [1.54, 1.807) is 24.8 Å². The summed E-state index contributed by atoms with van der Waals surface area (Å²) in [7, 11) is 5.74. The number of thiophene rings is 1. The number of anilines is 2. The van der Waals surface area contributed by atoms with Crippen LogP contribution in [0.15, 0.2) is 23.5 Å². The average molecular weight is 479 g/mol. The second kappa shape index (κ2) is 9.31. The molecule has 2 aromatic heterocycles. The molecule has 9 heteroatoms. The molecular weight excluding hydrogens is 448 g/mol. The summed E-state index contributed by atoms with van der Waals surface area (Å²) in [6.07, 6.45) is 5.92. The van der Waals surface area contributed by atoms with Gasteiger partial charge in [-0.15, -0.1) is 11.3 Å². The predicted octanol–water partition coefficient (Wildman–Crippen LogP) is 2.33. The number of aromatic nitrogens is 2. The second-order valence-corrected chi connectivity index (χ2v) is 10.1. The summed E-state index contributed by atoms with van der Waals surface area (Å²) in [6.45, 7) is 4.45. The van der Waals surface area contributed by atoms with Gasteiger partial charge in [0.1, 0.15) is 22.7 Å². The van der Waals surface area contributed by atoms with Gasteiger partial charge < -0.3 is 19.9 Å². The van der Waals surface area contributed by atoms with Gasteiger partial charge >= 0.3 is 0 Å². The number of rotatable bonds is 8. The number of carbonyl (C=O) groups is 1. The van der Waals surface area contributed by atoms with Crippen molar-refractivity contribution in [1.29, 1.82) is 0 Å². The molecule has 0 saturated carbocycles. The quantitative estimate of drug-likeness (QED) is 0.535. The SMILES string of the molecule is CCN(CCN(C)C)C(=O)C1CCc2c(sc3ncnc(Nc4cc5c(cc4OC)=NC=5)c23)C1. The van der Waals surface area contributed by atoms with Crippen molar-refractivity contribution in [3.8, 4) is 5.75 Å². The van der Waals surface area contributed by atoms with Gasteiger partial charge in [-0.3, -0.25) is 9.79 Å². The topological polar surface area (TPSA) is 83.0 Å². The molecule has 1 amide bonds. The average Bonchev–Trinajstić information content (AvgIpc) is 3.19. The van der Waals surface area contributed by atoms with E-state index in [9.17, 15) is 4.79 Å². The first-order valence-corrected chi connectivity index (χ1v) is 12.5. The number of amides is 1. The van der Waals surface area contributed by atoms with Crippen molar-refractivity contribution in [2.24, 2.45) is 10.9 Å². The zero-order valence-corrected chi connectivity index (χ0v) is 20.9. The lowest BCUT2D eigenvalue weighted by Gasteiger charge is -2.29. The number of hydrogen-bond donors (Lipinski definition) is 1. The highest BCUT2D eigenvalue weighted by Crippen LogP contribution is 2.41. The largest absolute Gasteiger partial charge is 0.494 e. The molecule has 1 unspecified atom stereocenters. The van der Waals surface area contributed by atoms with Crippen LogP contribution in [-0.4, -0.2) is 66.5 Å². The summed E-state index contributed by atoms with van der Waals surface area (Å²) in [5, 5.41) is 6.56. The minimum atomic E-state index is 0.0272. The molecule has 0 radical (unpaired) electrons. The van der Waals surface area contributed by atoms with Crippen molar-refractivity contribution in [2.45, 2.75) is 26.2 Å². The van der Waals surface area contributed by atoms with Gasteiger partial charge in [-0.1, -0.05) is 0 Å². The maximum atomic E-state index is 13.3. The summed E-state index contributed by atoms with van der Waals surface area (Å²) < 4.78 is 5.58. The van der Waals surface area contributed by atoms with Crippen LogP contribution in [0.2, 0.25) is 0 Å². The van der Waals surface area contributed by atoms with Gasteiger partial charge in [0.15, 0.2) is 0 Å². The molecule has 1 atom stereocenters. The lowest BCUT2D eigenvalue weighted by molar-refractivity contribution is -0.135. The molecule has 5 rings (SSSR count). The number of fused-ring (bicyclic) bond motifs is 4. The van der Waals surface area contributed by atoms with Crippen molar-refractivity contribution in [3.63, 3.8) is 0 Å². The van der Waals surface area contributed by atoms with E-state index >= 15 is 0 Å². The Bertz CT molecular complexity index is 1370. The fraction of sp³-hybridized carbons (Fsp3) is 0.440. The minimum absolute atomic E-state index is 0.0272. The summed E-state index contributed by atoms with van der Waals surface area (Å²) in [6, 6.07) is 3.97. The third-order valence-corrected chi connectivity index (χ3v) is 7.81. The summed E-state index contributed by atoms with van der Waals surface area (Å²) in [5.74, 6) is 1.81. The number of carbonyl (C=O) groups excluding carboxylic acids is 1. The Morgan fingerprint density at radius 3 is 2.82 bits per heavy atom. The zero-order valence-electron chi connectivity index (χ0n) is 20.1. The maximum absolute atomic E-state index is 13.3. The Morgan fingerprint density at radius 2 is 2.12 bits per heavy atom. The monoisotopic (exact) mass is 478 g/mol. The highest BCUT2D eigenvalue weighted by atomic mass is 32.1. The third-order valence-electron chi connectivity index (χ3n) is 6.65. The molecule has 3 heterocycles. The number of ether oxygens (including phenoxy) is 1. The van der Waals surface area contributed by atoms with Crippen LogP contribution in [0.4, 0.5) is 11.5 Å². The van der Waals surface area contributed by atoms with Gasteiger partial charge in [-0.05, 0) is 51.9 Å². The Balaban J connectivity index is 1.42.